The van der Waals surface area contributed by atoms with Crippen LogP contribution in [0.15, 0.2) is 24.3 Å². The summed E-state index contributed by atoms with van der Waals surface area (Å²) in [6, 6.07) is 8.42. The van der Waals surface area contributed by atoms with Crippen LogP contribution < -0.4 is 0 Å². The molecule has 18 heavy (non-hydrogen) atoms. The third-order valence-corrected chi connectivity index (χ3v) is 2.66. The van der Waals surface area contributed by atoms with E-state index in [0.717, 1.165) is 0 Å². The lowest BCUT2D eigenvalue weighted by Crippen LogP contribution is -2.20. The summed E-state index contributed by atoms with van der Waals surface area (Å²) in [5, 5.41) is 17.1. The summed E-state index contributed by atoms with van der Waals surface area (Å²) in [5.74, 6) is 0.103. The molecular weight excluding hydrogens is 228 g/mol. The molecule has 2 rings (SSSR count). The maximum atomic E-state index is 12.0. The summed E-state index contributed by atoms with van der Waals surface area (Å²) < 4.78 is 1.40. The maximum absolute atomic E-state index is 12.0. The molecule has 0 aliphatic rings. The zero-order chi connectivity index (χ0) is 13.1. The van der Waals surface area contributed by atoms with Gasteiger partial charge in [0, 0.05) is 6.42 Å². The van der Waals surface area contributed by atoms with Crippen molar-refractivity contribution >= 4 is 16.8 Å². The van der Waals surface area contributed by atoms with Crippen LogP contribution in [0.2, 0.25) is 0 Å². The van der Waals surface area contributed by atoms with Crippen molar-refractivity contribution in [2.24, 2.45) is 5.92 Å². The third-order valence-electron chi connectivity index (χ3n) is 2.66. The van der Waals surface area contributed by atoms with Gasteiger partial charge in [0.2, 0.25) is 0 Å². The van der Waals surface area contributed by atoms with Gasteiger partial charge in [-0.25, -0.2) is 4.68 Å². The number of Topliss-reactive ketones (excluding diaryl/α,β-unsaturated/α-hetero) is 1. The Bertz CT molecular complexity index is 609. The van der Waals surface area contributed by atoms with Crippen LogP contribution in [0.25, 0.3) is 11.0 Å². The Hall–Kier alpha value is -2.22. The zero-order valence-corrected chi connectivity index (χ0v) is 10.4. The number of benzene rings is 1. The standard InChI is InChI=1S/C13H14N4O/c1-9(2)7-13(18)12(8-14)17-11-6-4-3-5-10(11)15-16-17/h3-6,9,12H,7H2,1-2H3. The van der Waals surface area contributed by atoms with Crippen molar-refractivity contribution in [1.82, 2.24) is 15.0 Å². The second kappa shape index (κ2) is 4.96. The van der Waals surface area contributed by atoms with E-state index >= 15 is 0 Å². The van der Waals surface area contributed by atoms with E-state index in [0.29, 0.717) is 17.5 Å². The highest BCUT2D eigenvalue weighted by atomic mass is 16.1. The zero-order valence-electron chi connectivity index (χ0n) is 10.4. The molecule has 1 atom stereocenters. The Morgan fingerprint density at radius 2 is 2.17 bits per heavy atom. The number of ketones is 1. The van der Waals surface area contributed by atoms with Crippen molar-refractivity contribution in [1.29, 1.82) is 5.26 Å². The Labute approximate surface area is 105 Å². The van der Waals surface area contributed by atoms with Gasteiger partial charge >= 0.3 is 0 Å². The van der Waals surface area contributed by atoms with Gasteiger partial charge in [0.25, 0.3) is 0 Å². The minimum Gasteiger partial charge on any atom is -0.296 e. The lowest BCUT2D eigenvalue weighted by Gasteiger charge is -2.10. The SMILES string of the molecule is CC(C)CC(=O)C(C#N)n1nnc2ccccc21. The molecule has 0 N–H and O–H groups in total. The lowest BCUT2D eigenvalue weighted by atomic mass is 10.0. The Kier molecular flexibility index (Phi) is 3.38. The molecule has 92 valence electrons. The Balaban J connectivity index is 2.39. The fourth-order valence-corrected chi connectivity index (χ4v) is 1.85. The fraction of sp³-hybridized carbons (Fsp3) is 0.385. The normalized spacial score (nSPS) is 12.6. The minimum absolute atomic E-state index is 0.122. The smallest absolute Gasteiger partial charge is 0.198 e. The van der Waals surface area contributed by atoms with E-state index in [1.54, 1.807) is 6.07 Å². The van der Waals surface area contributed by atoms with Gasteiger partial charge in [0.15, 0.2) is 11.8 Å². The van der Waals surface area contributed by atoms with Crippen molar-refractivity contribution < 1.29 is 4.79 Å². The molecule has 0 bridgehead atoms. The third kappa shape index (κ3) is 2.23. The molecule has 0 radical (unpaired) electrons. The van der Waals surface area contributed by atoms with Gasteiger partial charge in [-0.3, -0.25) is 4.79 Å². The number of fused-ring (bicyclic) bond motifs is 1. The van der Waals surface area contributed by atoms with Crippen molar-refractivity contribution in [3.05, 3.63) is 24.3 Å². The highest BCUT2D eigenvalue weighted by Gasteiger charge is 2.23. The average molecular weight is 242 g/mol. The molecule has 1 aromatic heterocycles. The molecule has 0 spiro atoms. The lowest BCUT2D eigenvalue weighted by molar-refractivity contribution is -0.121. The summed E-state index contributed by atoms with van der Waals surface area (Å²) in [7, 11) is 0. The van der Waals surface area contributed by atoms with Crippen LogP contribution in [-0.4, -0.2) is 20.8 Å². The number of aromatic nitrogens is 3. The fourth-order valence-electron chi connectivity index (χ4n) is 1.85. The van der Waals surface area contributed by atoms with Crippen molar-refractivity contribution in [3.63, 3.8) is 0 Å². The first-order valence-corrected chi connectivity index (χ1v) is 5.85. The van der Waals surface area contributed by atoms with E-state index in [9.17, 15) is 10.1 Å². The predicted molar refractivity (Wildman–Crippen MR) is 66.6 cm³/mol. The number of nitrogens with zero attached hydrogens (tertiary/aromatic N) is 4. The van der Waals surface area contributed by atoms with Gasteiger partial charge in [-0.15, -0.1) is 5.10 Å². The van der Waals surface area contributed by atoms with E-state index in [1.165, 1.54) is 4.68 Å². The molecule has 5 heteroatoms. The second-order valence-electron chi connectivity index (χ2n) is 4.62. The molecule has 0 saturated heterocycles. The molecule has 0 aliphatic heterocycles. The number of hydrogen-bond acceptors (Lipinski definition) is 4. The van der Waals surface area contributed by atoms with Crippen molar-refractivity contribution in [3.8, 4) is 6.07 Å². The second-order valence-corrected chi connectivity index (χ2v) is 4.62. The van der Waals surface area contributed by atoms with Crippen LogP contribution in [0.4, 0.5) is 0 Å². The van der Waals surface area contributed by atoms with E-state index < -0.39 is 6.04 Å². The molecular formula is C13H14N4O. The van der Waals surface area contributed by atoms with Crippen LogP contribution in [-0.2, 0) is 4.79 Å². The topological polar surface area (TPSA) is 71.6 Å². The number of carbonyl (C=O) groups is 1. The summed E-state index contributed by atoms with van der Waals surface area (Å²) in [5.41, 5.74) is 1.40. The van der Waals surface area contributed by atoms with E-state index in [4.69, 9.17) is 0 Å². The largest absolute Gasteiger partial charge is 0.296 e. The molecule has 2 aromatic rings. The first-order valence-electron chi connectivity index (χ1n) is 5.85. The summed E-state index contributed by atoms with van der Waals surface area (Å²) in [6.07, 6.45) is 0.367. The monoisotopic (exact) mass is 242 g/mol. The average Bonchev–Trinajstić information content (AvgIpc) is 2.73. The molecule has 1 heterocycles. The number of nitriles is 1. The number of para-hydroxylation sites is 1. The summed E-state index contributed by atoms with van der Waals surface area (Å²) >= 11 is 0. The number of hydrogen-bond donors (Lipinski definition) is 0. The minimum atomic E-state index is -0.889. The van der Waals surface area contributed by atoms with Gasteiger partial charge in [-0.2, -0.15) is 5.26 Å². The Morgan fingerprint density at radius 3 is 2.83 bits per heavy atom. The van der Waals surface area contributed by atoms with Crippen LogP contribution in [0.3, 0.4) is 0 Å². The highest BCUT2D eigenvalue weighted by molar-refractivity contribution is 5.87. The first kappa shape index (κ1) is 12.2. The van der Waals surface area contributed by atoms with E-state index in [2.05, 4.69) is 10.3 Å². The van der Waals surface area contributed by atoms with Gasteiger partial charge in [0.05, 0.1) is 11.6 Å². The molecule has 0 aliphatic carbocycles. The van der Waals surface area contributed by atoms with Crippen LogP contribution in [0, 0.1) is 17.2 Å². The molecule has 0 saturated carbocycles. The van der Waals surface area contributed by atoms with Crippen LogP contribution >= 0.6 is 0 Å². The van der Waals surface area contributed by atoms with Gasteiger partial charge in [-0.05, 0) is 18.1 Å². The quantitative estimate of drug-likeness (QED) is 0.823. The number of carbonyl (C=O) groups excluding carboxylic acids is 1. The van der Waals surface area contributed by atoms with Crippen molar-refractivity contribution in [2.75, 3.05) is 0 Å². The summed E-state index contributed by atoms with van der Waals surface area (Å²) in [6.45, 7) is 3.90. The van der Waals surface area contributed by atoms with E-state index in [1.807, 2.05) is 38.1 Å². The number of rotatable bonds is 4. The Morgan fingerprint density at radius 1 is 1.44 bits per heavy atom. The van der Waals surface area contributed by atoms with Gasteiger partial charge < -0.3 is 0 Å². The molecule has 1 unspecified atom stereocenters. The van der Waals surface area contributed by atoms with Gasteiger partial charge in [-0.1, -0.05) is 31.2 Å². The van der Waals surface area contributed by atoms with Crippen LogP contribution in [0.1, 0.15) is 26.3 Å². The van der Waals surface area contributed by atoms with Crippen molar-refractivity contribution in [2.45, 2.75) is 26.3 Å². The molecule has 5 nitrogen and oxygen atoms in total. The van der Waals surface area contributed by atoms with Crippen LogP contribution in [0.5, 0.6) is 0 Å². The van der Waals surface area contributed by atoms with E-state index in [-0.39, 0.29) is 11.7 Å². The molecule has 0 amide bonds. The summed E-state index contributed by atoms with van der Waals surface area (Å²) in [4.78, 5) is 12.0. The molecule has 0 fully saturated rings. The molecule has 1 aromatic carbocycles. The van der Waals surface area contributed by atoms with Gasteiger partial charge in [0.1, 0.15) is 5.52 Å². The highest BCUT2D eigenvalue weighted by Crippen LogP contribution is 2.18. The first-order chi connectivity index (χ1) is 8.63. The predicted octanol–water partition coefficient (Wildman–Crippen LogP) is 2.11. The maximum Gasteiger partial charge on any atom is 0.198 e.